The monoisotopic (exact) mass is 196 g/mol. The van der Waals surface area contributed by atoms with Crippen molar-refractivity contribution >= 4 is 5.91 Å². The Bertz CT molecular complexity index is 235. The molecule has 0 radical (unpaired) electrons. The fraction of sp³-hybridized carbons (Fsp3) is 0.909. The van der Waals surface area contributed by atoms with Crippen molar-refractivity contribution in [1.29, 1.82) is 0 Å². The molecule has 14 heavy (non-hydrogen) atoms. The first kappa shape index (κ1) is 9.97. The summed E-state index contributed by atoms with van der Waals surface area (Å²) in [6.07, 6.45) is 5.01. The molecule has 80 valence electrons. The smallest absolute Gasteiger partial charge is 0.221 e. The largest absolute Gasteiger partial charge is 0.356 e. The average molecular weight is 196 g/mol. The highest BCUT2D eigenvalue weighted by Gasteiger charge is 2.36. The predicted octanol–water partition coefficient (Wildman–Crippen LogP) is 1.03. The molecule has 0 aromatic heterocycles. The molecular formula is C11H20N2O. The average Bonchev–Trinajstić information content (AvgIpc) is 2.76. The van der Waals surface area contributed by atoms with Crippen molar-refractivity contribution < 1.29 is 4.79 Å². The Balaban J connectivity index is 1.63. The summed E-state index contributed by atoms with van der Waals surface area (Å²) >= 11 is 0. The minimum atomic E-state index is -0.167. The van der Waals surface area contributed by atoms with Gasteiger partial charge in [-0.15, -0.1) is 0 Å². The first-order chi connectivity index (χ1) is 6.59. The number of hydrogen-bond acceptors (Lipinski definition) is 2. The second-order valence-corrected chi connectivity index (χ2v) is 5.17. The Labute approximate surface area is 85.4 Å². The van der Waals surface area contributed by atoms with E-state index in [1.165, 1.54) is 12.8 Å². The van der Waals surface area contributed by atoms with Crippen LogP contribution in [0.2, 0.25) is 0 Å². The summed E-state index contributed by atoms with van der Waals surface area (Å²) in [6, 6.07) is 0. The molecule has 0 aliphatic heterocycles. The van der Waals surface area contributed by atoms with Crippen molar-refractivity contribution in [3.63, 3.8) is 0 Å². The van der Waals surface area contributed by atoms with Gasteiger partial charge >= 0.3 is 0 Å². The summed E-state index contributed by atoms with van der Waals surface area (Å²) in [5.41, 5.74) is 5.82. The van der Waals surface area contributed by atoms with Crippen LogP contribution in [0.15, 0.2) is 0 Å². The lowest BCUT2D eigenvalue weighted by Crippen LogP contribution is -2.50. The van der Waals surface area contributed by atoms with E-state index in [2.05, 4.69) is 12.2 Å². The van der Waals surface area contributed by atoms with E-state index in [0.29, 0.717) is 6.42 Å². The van der Waals surface area contributed by atoms with E-state index < -0.39 is 0 Å². The summed E-state index contributed by atoms with van der Waals surface area (Å²) in [5, 5.41) is 2.98. The zero-order valence-corrected chi connectivity index (χ0v) is 8.88. The maximum Gasteiger partial charge on any atom is 0.221 e. The van der Waals surface area contributed by atoms with E-state index in [0.717, 1.165) is 31.2 Å². The van der Waals surface area contributed by atoms with Crippen LogP contribution in [0.5, 0.6) is 0 Å². The van der Waals surface area contributed by atoms with Crippen LogP contribution < -0.4 is 11.1 Å². The van der Waals surface area contributed by atoms with E-state index in [9.17, 15) is 4.79 Å². The van der Waals surface area contributed by atoms with Crippen molar-refractivity contribution in [3.8, 4) is 0 Å². The van der Waals surface area contributed by atoms with Gasteiger partial charge in [-0.25, -0.2) is 0 Å². The third-order valence-electron chi connectivity index (χ3n) is 3.70. The van der Waals surface area contributed by atoms with Crippen LogP contribution >= 0.6 is 0 Å². The van der Waals surface area contributed by atoms with Crippen LogP contribution in [0, 0.1) is 11.8 Å². The van der Waals surface area contributed by atoms with Gasteiger partial charge in [-0.3, -0.25) is 4.79 Å². The molecule has 2 rings (SSSR count). The van der Waals surface area contributed by atoms with Crippen molar-refractivity contribution in [2.75, 3.05) is 6.54 Å². The number of hydrogen-bond donors (Lipinski definition) is 2. The van der Waals surface area contributed by atoms with Crippen LogP contribution in [-0.4, -0.2) is 18.0 Å². The number of rotatable bonds is 4. The maximum atomic E-state index is 11.5. The fourth-order valence-corrected chi connectivity index (χ4v) is 2.12. The molecule has 3 N–H and O–H groups in total. The molecule has 2 aliphatic carbocycles. The molecule has 0 heterocycles. The summed E-state index contributed by atoms with van der Waals surface area (Å²) in [7, 11) is 0. The van der Waals surface area contributed by atoms with Crippen molar-refractivity contribution in [2.45, 2.75) is 44.6 Å². The van der Waals surface area contributed by atoms with E-state index in [1.54, 1.807) is 0 Å². The molecule has 3 nitrogen and oxygen atoms in total. The van der Waals surface area contributed by atoms with E-state index in [1.807, 2.05) is 0 Å². The molecule has 2 unspecified atom stereocenters. The number of nitrogens with two attached hydrogens (primary N) is 1. The molecule has 2 atom stereocenters. The van der Waals surface area contributed by atoms with E-state index in [-0.39, 0.29) is 11.4 Å². The molecule has 3 heteroatoms. The number of amides is 1. The standard InChI is InChI=1S/C11H20N2O/c1-8-5-9(8)7-13-10(14)6-11(12)3-2-4-11/h8-9H,2-7,12H2,1H3,(H,13,14). The first-order valence-corrected chi connectivity index (χ1v) is 5.65. The predicted molar refractivity (Wildman–Crippen MR) is 55.7 cm³/mol. The lowest BCUT2D eigenvalue weighted by atomic mass is 9.75. The van der Waals surface area contributed by atoms with Gasteiger partial charge in [-0.1, -0.05) is 6.92 Å². The van der Waals surface area contributed by atoms with Gasteiger partial charge in [0.25, 0.3) is 0 Å². The molecule has 0 spiro atoms. The fourth-order valence-electron chi connectivity index (χ4n) is 2.12. The quantitative estimate of drug-likeness (QED) is 0.705. The van der Waals surface area contributed by atoms with E-state index >= 15 is 0 Å². The zero-order chi connectivity index (χ0) is 10.2. The van der Waals surface area contributed by atoms with Gasteiger partial charge in [0, 0.05) is 18.5 Å². The van der Waals surface area contributed by atoms with Crippen molar-refractivity contribution in [2.24, 2.45) is 17.6 Å². The summed E-state index contributed by atoms with van der Waals surface area (Å²) in [4.78, 5) is 11.5. The molecule has 0 saturated heterocycles. The van der Waals surface area contributed by atoms with Gasteiger partial charge in [-0.2, -0.15) is 0 Å². The second kappa shape index (κ2) is 3.54. The highest BCUT2D eigenvalue weighted by molar-refractivity contribution is 5.77. The van der Waals surface area contributed by atoms with Gasteiger partial charge in [0.15, 0.2) is 0 Å². The minimum Gasteiger partial charge on any atom is -0.356 e. The van der Waals surface area contributed by atoms with Crippen LogP contribution in [0.3, 0.4) is 0 Å². The molecule has 2 saturated carbocycles. The van der Waals surface area contributed by atoms with Gasteiger partial charge < -0.3 is 11.1 Å². The number of nitrogens with one attached hydrogen (secondary N) is 1. The Morgan fingerprint density at radius 2 is 2.21 bits per heavy atom. The first-order valence-electron chi connectivity index (χ1n) is 5.65. The third kappa shape index (κ3) is 2.27. The van der Waals surface area contributed by atoms with E-state index in [4.69, 9.17) is 5.73 Å². The van der Waals surface area contributed by atoms with Crippen LogP contribution in [0.4, 0.5) is 0 Å². The normalized spacial score (nSPS) is 33.3. The Kier molecular flexibility index (Phi) is 2.52. The molecule has 2 fully saturated rings. The molecule has 0 aromatic rings. The Morgan fingerprint density at radius 1 is 1.57 bits per heavy atom. The van der Waals surface area contributed by atoms with Crippen LogP contribution in [0.25, 0.3) is 0 Å². The van der Waals surface area contributed by atoms with Crippen molar-refractivity contribution in [1.82, 2.24) is 5.32 Å². The number of carbonyl (C=O) groups excluding carboxylic acids is 1. The lowest BCUT2D eigenvalue weighted by Gasteiger charge is -2.37. The van der Waals surface area contributed by atoms with Crippen LogP contribution in [0.1, 0.15) is 39.0 Å². The SMILES string of the molecule is CC1CC1CNC(=O)CC1(N)CCC1. The Morgan fingerprint density at radius 3 is 2.64 bits per heavy atom. The summed E-state index contributed by atoms with van der Waals surface area (Å²) < 4.78 is 0. The third-order valence-corrected chi connectivity index (χ3v) is 3.70. The molecule has 1 amide bonds. The van der Waals surface area contributed by atoms with Gasteiger partial charge in [0.1, 0.15) is 0 Å². The second-order valence-electron chi connectivity index (χ2n) is 5.17. The Hall–Kier alpha value is -0.570. The summed E-state index contributed by atoms with van der Waals surface area (Å²) in [5.74, 6) is 1.69. The minimum absolute atomic E-state index is 0.145. The topological polar surface area (TPSA) is 55.1 Å². The highest BCUT2D eigenvalue weighted by Crippen LogP contribution is 2.37. The zero-order valence-electron chi connectivity index (χ0n) is 8.88. The van der Waals surface area contributed by atoms with Gasteiger partial charge in [-0.05, 0) is 37.5 Å². The summed E-state index contributed by atoms with van der Waals surface area (Å²) in [6.45, 7) is 3.09. The molecular weight excluding hydrogens is 176 g/mol. The van der Waals surface area contributed by atoms with Gasteiger partial charge in [0.05, 0.1) is 0 Å². The molecule has 0 aromatic carbocycles. The maximum absolute atomic E-state index is 11.5. The van der Waals surface area contributed by atoms with Gasteiger partial charge in [0.2, 0.25) is 5.91 Å². The number of carbonyl (C=O) groups is 1. The molecule has 0 bridgehead atoms. The highest BCUT2D eigenvalue weighted by atomic mass is 16.1. The van der Waals surface area contributed by atoms with Crippen LogP contribution in [-0.2, 0) is 4.79 Å². The molecule has 2 aliphatic rings. The lowest BCUT2D eigenvalue weighted by molar-refractivity contribution is -0.123. The van der Waals surface area contributed by atoms with Crippen molar-refractivity contribution in [3.05, 3.63) is 0 Å².